The molecule has 15 N–H and O–H groups in total. The number of aromatic amines is 2. The number of aliphatic hydroxyl groups excluding tert-OH is 1. The number of carboxylic acids is 1. The Labute approximate surface area is 809 Å². The number of aromatic nitrogens is 10. The van der Waals surface area contributed by atoms with Gasteiger partial charge < -0.3 is 54.0 Å². The average molecular weight is 2180 g/mol. The van der Waals surface area contributed by atoms with Gasteiger partial charge in [-0.15, -0.1) is 30.6 Å². The normalized spacial score (nSPS) is 8.96. The first-order chi connectivity index (χ1) is 51.9. The van der Waals surface area contributed by atoms with Crippen molar-refractivity contribution in [2.24, 2.45) is 17.2 Å². The Kier molecular flexibility index (Phi) is 64.5. The first-order valence-electron chi connectivity index (χ1n) is 31.6. The fourth-order valence-electron chi connectivity index (χ4n) is 10.4. The predicted octanol–water partition coefficient (Wildman–Crippen LogP) is 17.9. The fourth-order valence-corrected chi connectivity index (χ4v) is 13.8. The van der Waals surface area contributed by atoms with Crippen LogP contribution in [0.4, 0.5) is 28.4 Å². The number of rotatable bonds is 10. The maximum atomic E-state index is 12.2. The number of carbonyl (C=O) groups is 5. The van der Waals surface area contributed by atoms with Crippen LogP contribution in [0.1, 0.15) is 206 Å². The number of hydrogen-bond donors (Lipinski definition) is 10. The van der Waals surface area contributed by atoms with E-state index in [1.807, 2.05) is 96.1 Å². The third-order valence-electron chi connectivity index (χ3n) is 15.2. The van der Waals surface area contributed by atoms with Crippen LogP contribution in [-0.2, 0) is 4.74 Å². The van der Waals surface area contributed by atoms with Crippen molar-refractivity contribution in [3.63, 3.8) is 0 Å². The third-order valence-corrected chi connectivity index (χ3v) is 18.0. The second-order valence-electron chi connectivity index (χ2n) is 23.0. The van der Waals surface area contributed by atoms with E-state index in [-0.39, 0.29) is 166 Å². The number of carbonyl (C=O) groups excluding carboxylic acids is 4. The summed E-state index contributed by atoms with van der Waals surface area (Å²) in [6.07, 6.45) is 0. The molecule has 0 spiro atoms. The SMILES string of the molecule is C.C.C.C.C.C.C.C.C.C.C.C.C.CCOC(=O)c1n[nH]c2c(C)cc(I)cc2c1=O.CO.Cc1cc(C)c2nnc(C(N)=O)c(Nc3cccc(C#N)c3)c2c1.Cc1cc(I)cc2c(=O)c(C(=O)O)n[nH]c12.Cc1cc(I)cc2c(Cl)c(C(N)=O)nnc12.Cc1cc(I)cc2c(Nc3cccc(C#N)c3)c(C(N)=O)nnc12.N#Cc1cccc(N)c1.[Na+].[OH-]. The van der Waals surface area contributed by atoms with E-state index in [2.05, 4.69) is 164 Å². The Morgan fingerprint density at radius 3 is 1.14 bits per heavy atom. The number of amides is 3. The van der Waals surface area contributed by atoms with Gasteiger partial charge in [0.15, 0.2) is 17.1 Å². The summed E-state index contributed by atoms with van der Waals surface area (Å²) in [5.74, 6) is -4.02. The van der Waals surface area contributed by atoms with Gasteiger partial charge in [0, 0.05) is 54.6 Å². The summed E-state index contributed by atoms with van der Waals surface area (Å²) in [5, 5.41) is 88.5. The number of hydrogen-bond acceptors (Lipinski definition) is 24. The zero-order valence-corrected chi connectivity index (χ0v) is 71.5. The van der Waals surface area contributed by atoms with E-state index in [1.54, 1.807) is 91.9 Å². The molecule has 30 nitrogen and oxygen atoms in total. The van der Waals surface area contributed by atoms with Crippen molar-refractivity contribution < 1.29 is 74.0 Å². The fraction of sp³-hybridized carbons (Fsp3) is 0.250. The van der Waals surface area contributed by atoms with Crippen molar-refractivity contribution in [2.75, 3.05) is 30.1 Å². The van der Waals surface area contributed by atoms with E-state index in [9.17, 15) is 33.6 Å². The summed E-state index contributed by atoms with van der Waals surface area (Å²) in [5.41, 5.74) is 33.5. The second-order valence-corrected chi connectivity index (χ2v) is 28.4. The Morgan fingerprint density at radius 2 is 0.774 bits per heavy atom. The Bertz CT molecular complexity index is 5880. The van der Waals surface area contributed by atoms with Crippen LogP contribution >= 0.6 is 102 Å². The molecule has 0 saturated carbocycles. The summed E-state index contributed by atoms with van der Waals surface area (Å²) in [6.45, 7) is 13.4. The third kappa shape index (κ3) is 33.5. The van der Waals surface area contributed by atoms with Crippen LogP contribution in [0.2, 0.25) is 5.02 Å². The standard InChI is InChI=1S/C18H15N5O.C17H12IN5O.C12H11IN2O3.C10H7ClIN3O.C10H7IN2O3.C7H6N2.CH4O.13CH4.Na.H2O/c1-10-6-11(2)15-14(7-10)16(17(18(20)24)23-22-15)21-13-5-3-4-12(8-13)9-19;1-9-5-11(18)7-13-14(9)22-23-16(17(20)24)15(13)21-12-4-2-3-10(6-12)8-19;1-3-18-12(17)10-11(16)8-5-7(13)4-6(2)9(8)14-15-10;1-4-2-5(12)3-6-7(11)9(10(13)16)15-14-8(4)6;1-4-2-5(11)3-6-7(4)12-13-8(9(6)14)10(15)16;8-5-6-2-1-3-7(9)4-6;1-2;;;;;;;;;;;;;;;/h3-8H,1-2H3,(H2,20,24)(H,21,22);2-7H,1H3,(H2,20,24)(H,21,22);4-5H,3H2,1-2H3,(H,14,16);2-3H,1H3,(H2,13,16);2-3H,1H3,(H,12,14)(H,15,16);1-4H,9H2;2H,1H3;13*1H4;;1H2/q;;;;;;;;;;;;;;;;;;;;+1;/p-1. The van der Waals surface area contributed by atoms with Gasteiger partial charge in [0.05, 0.1) is 96.3 Å². The number of benzene rings is 8. The van der Waals surface area contributed by atoms with Crippen LogP contribution in [0.15, 0.2) is 143 Å². The number of nitrogens with zero attached hydrogens (tertiary/aromatic N) is 11. The molecule has 0 atom stereocenters. The van der Waals surface area contributed by atoms with Crippen LogP contribution in [0, 0.1) is 89.8 Å². The minimum absolute atomic E-state index is 0. The van der Waals surface area contributed by atoms with Crippen molar-refractivity contribution >= 4 is 215 Å². The number of halogens is 5. The zero-order chi connectivity index (χ0) is 80.2. The molecular weight excluding hydrogens is 2070 g/mol. The van der Waals surface area contributed by atoms with E-state index < -0.39 is 46.2 Å². The molecule has 13 aromatic rings. The topological polar surface area (TPSA) is 533 Å². The largest absolute Gasteiger partial charge is 1.00 e. The molecule has 0 aliphatic rings. The Morgan fingerprint density at radius 1 is 0.452 bits per heavy atom. The number of aliphatic hydroxyl groups is 1. The maximum Gasteiger partial charge on any atom is 1.00 e. The molecule has 0 aliphatic carbocycles. The molecule has 0 radical (unpaired) electrons. The first-order valence-corrected chi connectivity index (χ1v) is 36.3. The number of aromatic carboxylic acids is 1. The number of nitrogens with one attached hydrogen (secondary N) is 4. The predicted molar refractivity (Wildman–Crippen MR) is 538 cm³/mol. The minimum Gasteiger partial charge on any atom is -0.870 e. The molecule has 3 amide bonds. The van der Waals surface area contributed by atoms with Gasteiger partial charge in [-0.25, -0.2) is 9.59 Å². The molecule has 0 fully saturated rings. The molecule has 0 saturated heterocycles. The van der Waals surface area contributed by atoms with Gasteiger partial charge in [0.1, 0.15) is 0 Å². The van der Waals surface area contributed by atoms with Gasteiger partial charge in [-0.2, -0.15) is 26.0 Å². The van der Waals surface area contributed by atoms with E-state index in [1.165, 1.54) is 0 Å². The molecule has 124 heavy (non-hydrogen) atoms. The number of nitrogen functional groups attached to an aromatic ring is 1. The molecule has 8 aromatic carbocycles. The number of H-pyrrole nitrogens is 2. The summed E-state index contributed by atoms with van der Waals surface area (Å²) in [7, 11) is 1.00. The van der Waals surface area contributed by atoms with Crippen molar-refractivity contribution in [1.82, 2.24) is 51.0 Å². The molecule has 5 aromatic heterocycles. The van der Waals surface area contributed by atoms with E-state index in [0.717, 1.165) is 65.5 Å². The van der Waals surface area contributed by atoms with Gasteiger partial charge in [-0.3, -0.25) is 34.2 Å². The van der Waals surface area contributed by atoms with E-state index >= 15 is 0 Å². The first kappa shape index (κ1) is 131. The molecule has 13 rings (SSSR count). The molecule has 0 bridgehead atoms. The maximum absolute atomic E-state index is 12.2. The van der Waals surface area contributed by atoms with Gasteiger partial charge in [-0.1, -0.05) is 138 Å². The summed E-state index contributed by atoms with van der Waals surface area (Å²) in [6, 6.07) is 45.8. The number of nitriles is 3. The van der Waals surface area contributed by atoms with Gasteiger partial charge in [0.25, 0.3) is 17.7 Å². The average Bonchev–Trinajstić information content (AvgIpc) is 0.792. The Balaban J connectivity index is -0.000000181. The minimum atomic E-state index is -1.32. The van der Waals surface area contributed by atoms with Gasteiger partial charge >= 0.3 is 41.5 Å². The molecule has 36 heteroatoms. The van der Waals surface area contributed by atoms with Crippen LogP contribution in [-0.4, -0.2) is 110 Å². The van der Waals surface area contributed by atoms with Crippen LogP contribution in [0.3, 0.4) is 0 Å². The van der Waals surface area contributed by atoms with Gasteiger partial charge in [-0.05, 0) is 276 Å². The molecule has 0 aliphatic heterocycles. The quantitative estimate of drug-likeness (QED) is 0.0263. The number of carboxylic acid groups (broad SMARTS) is 1. The van der Waals surface area contributed by atoms with Gasteiger partial charge in [0.2, 0.25) is 22.2 Å². The van der Waals surface area contributed by atoms with Crippen molar-refractivity contribution in [3.8, 4) is 18.2 Å². The number of anilines is 5. The van der Waals surface area contributed by atoms with Crippen molar-refractivity contribution in [2.45, 2.75) is 145 Å². The molecule has 5 heterocycles. The summed E-state index contributed by atoms with van der Waals surface area (Å²) in [4.78, 5) is 80.9. The van der Waals surface area contributed by atoms with Crippen LogP contribution < -0.4 is 74.0 Å². The number of fused-ring (bicyclic) bond motifs is 5. The van der Waals surface area contributed by atoms with Crippen molar-refractivity contribution in [3.05, 3.63) is 252 Å². The van der Waals surface area contributed by atoms with Crippen LogP contribution in [0.5, 0.6) is 0 Å². The smallest absolute Gasteiger partial charge is 0.870 e. The molecule has 664 valence electrons. The summed E-state index contributed by atoms with van der Waals surface area (Å²) < 4.78 is 8.64. The number of primary amides is 3. The molecular formula is C88H115ClI4N19NaO11. The van der Waals surface area contributed by atoms with Crippen molar-refractivity contribution in [1.29, 1.82) is 15.8 Å². The van der Waals surface area contributed by atoms with E-state index in [4.69, 9.17) is 65.3 Å². The number of nitrogens with two attached hydrogens (primary N) is 4. The van der Waals surface area contributed by atoms with Crippen LogP contribution in [0.25, 0.3) is 54.5 Å². The number of esters is 1. The summed E-state index contributed by atoms with van der Waals surface area (Å²) >= 11 is 14.7. The second kappa shape index (κ2) is 60.9. The number of ether oxygens (including phenoxy) is 1. The monoisotopic (exact) mass is 2180 g/mol. The molecule has 0 unspecified atom stereocenters. The zero-order valence-electron chi connectivity index (χ0n) is 60.1. The Hall–Kier alpha value is -10.6. The van der Waals surface area contributed by atoms with E-state index in [0.29, 0.717) is 88.9 Å². The number of aryl methyl sites for hydroxylation is 6.